The van der Waals surface area contributed by atoms with Crippen molar-refractivity contribution in [2.24, 2.45) is 0 Å². The van der Waals surface area contributed by atoms with Crippen molar-refractivity contribution < 1.29 is 9.53 Å². The first-order valence-corrected chi connectivity index (χ1v) is 5.25. The number of rotatable bonds is 2. The first-order chi connectivity index (χ1) is 7.24. The van der Waals surface area contributed by atoms with Gasteiger partial charge in [-0.3, -0.25) is 4.79 Å². The minimum absolute atomic E-state index is 0.0659. The zero-order valence-corrected chi connectivity index (χ0v) is 9.01. The highest BCUT2D eigenvalue weighted by molar-refractivity contribution is 5.84. The van der Waals surface area contributed by atoms with Gasteiger partial charge in [-0.1, -0.05) is 30.3 Å². The molecule has 3 heteroatoms. The van der Waals surface area contributed by atoms with E-state index in [1.807, 2.05) is 44.2 Å². The predicted octanol–water partition coefficient (Wildman–Crippen LogP) is 1.95. The molecule has 1 aliphatic heterocycles. The molecule has 80 valence electrons. The van der Waals surface area contributed by atoms with Gasteiger partial charge in [0.25, 0.3) is 5.91 Å². The summed E-state index contributed by atoms with van der Waals surface area (Å²) in [4.78, 5) is 13.7. The molecule has 0 bridgehead atoms. The van der Waals surface area contributed by atoms with Crippen LogP contribution in [0.2, 0.25) is 0 Å². The Kier molecular flexibility index (Phi) is 2.73. The van der Waals surface area contributed by atoms with E-state index in [4.69, 9.17) is 4.74 Å². The van der Waals surface area contributed by atoms with Gasteiger partial charge in [0.15, 0.2) is 6.10 Å². The largest absolute Gasteiger partial charge is 0.341 e. The van der Waals surface area contributed by atoms with Crippen LogP contribution < -0.4 is 0 Å². The van der Waals surface area contributed by atoms with E-state index in [1.165, 1.54) is 0 Å². The second-order valence-corrected chi connectivity index (χ2v) is 3.65. The topological polar surface area (TPSA) is 29.5 Å². The Hall–Kier alpha value is -1.35. The molecule has 2 rings (SSSR count). The number of carbonyl (C=O) groups is 1. The average Bonchev–Trinajstić information content (AvgIpc) is 2.55. The highest BCUT2D eigenvalue weighted by Crippen LogP contribution is 2.29. The molecule has 1 fully saturated rings. The Morgan fingerprint density at radius 1 is 1.33 bits per heavy atom. The maximum atomic E-state index is 11.9. The summed E-state index contributed by atoms with van der Waals surface area (Å²) in [6, 6.07) is 9.63. The normalized spacial score (nSPS) is 26.0. The van der Waals surface area contributed by atoms with Crippen LogP contribution in [0.3, 0.4) is 0 Å². The van der Waals surface area contributed by atoms with Gasteiger partial charge in [-0.2, -0.15) is 0 Å². The fourth-order valence-electron chi connectivity index (χ4n) is 1.92. The zero-order valence-electron chi connectivity index (χ0n) is 9.01. The van der Waals surface area contributed by atoms with Crippen molar-refractivity contribution >= 4 is 5.91 Å². The number of hydrogen-bond acceptors (Lipinski definition) is 2. The van der Waals surface area contributed by atoms with Crippen molar-refractivity contribution in [1.82, 2.24) is 4.90 Å². The van der Waals surface area contributed by atoms with Gasteiger partial charge in [0.2, 0.25) is 0 Å². The molecule has 1 saturated heterocycles. The van der Waals surface area contributed by atoms with Gasteiger partial charge in [-0.05, 0) is 19.4 Å². The van der Waals surface area contributed by atoms with Gasteiger partial charge >= 0.3 is 0 Å². The molecule has 1 heterocycles. The van der Waals surface area contributed by atoms with E-state index in [0.717, 1.165) is 5.56 Å². The van der Waals surface area contributed by atoms with E-state index in [9.17, 15) is 4.79 Å². The lowest BCUT2D eigenvalue weighted by molar-refractivity contribution is -0.130. The summed E-state index contributed by atoms with van der Waals surface area (Å²) in [5.74, 6) is 0.0659. The Morgan fingerprint density at radius 2 is 2.00 bits per heavy atom. The number of likely N-dealkylation sites (N-methyl/N-ethyl adjacent to an activating group) is 1. The Morgan fingerprint density at radius 3 is 2.53 bits per heavy atom. The Balaban J connectivity index is 2.23. The van der Waals surface area contributed by atoms with Gasteiger partial charge < -0.3 is 9.64 Å². The first-order valence-electron chi connectivity index (χ1n) is 5.25. The molecule has 0 N–H and O–H groups in total. The molecule has 3 nitrogen and oxygen atoms in total. The van der Waals surface area contributed by atoms with E-state index in [1.54, 1.807) is 4.90 Å². The third kappa shape index (κ3) is 1.75. The van der Waals surface area contributed by atoms with E-state index in [-0.39, 0.29) is 12.1 Å². The number of hydrogen-bond donors (Lipinski definition) is 0. The Bertz CT molecular complexity index is 350. The summed E-state index contributed by atoms with van der Waals surface area (Å²) >= 11 is 0. The highest BCUT2D eigenvalue weighted by atomic mass is 16.5. The highest BCUT2D eigenvalue weighted by Gasteiger charge is 2.37. The lowest BCUT2D eigenvalue weighted by Crippen LogP contribution is -2.31. The molecule has 0 radical (unpaired) electrons. The predicted molar refractivity (Wildman–Crippen MR) is 57.1 cm³/mol. The maximum absolute atomic E-state index is 11.9. The molecule has 15 heavy (non-hydrogen) atoms. The van der Waals surface area contributed by atoms with Crippen LogP contribution in [0.25, 0.3) is 0 Å². The number of benzene rings is 1. The van der Waals surface area contributed by atoms with Crippen LogP contribution in [0.5, 0.6) is 0 Å². The van der Waals surface area contributed by atoms with Crippen molar-refractivity contribution in [1.29, 1.82) is 0 Å². The van der Waals surface area contributed by atoms with Crippen molar-refractivity contribution in [3.63, 3.8) is 0 Å². The number of ether oxygens (including phenoxy) is 1. The van der Waals surface area contributed by atoms with E-state index in [0.29, 0.717) is 6.54 Å². The van der Waals surface area contributed by atoms with Crippen molar-refractivity contribution in [3.8, 4) is 0 Å². The average molecular weight is 205 g/mol. The van der Waals surface area contributed by atoms with E-state index in [2.05, 4.69) is 0 Å². The van der Waals surface area contributed by atoms with Gasteiger partial charge in [0, 0.05) is 6.54 Å². The molecule has 1 aromatic carbocycles. The quantitative estimate of drug-likeness (QED) is 0.738. The van der Waals surface area contributed by atoms with Gasteiger partial charge in [-0.25, -0.2) is 0 Å². The molecule has 0 aliphatic carbocycles. The summed E-state index contributed by atoms with van der Waals surface area (Å²) < 4.78 is 5.64. The van der Waals surface area contributed by atoms with Gasteiger partial charge in [0.05, 0.1) is 0 Å². The molecule has 2 unspecified atom stereocenters. The van der Waals surface area contributed by atoms with Crippen LogP contribution >= 0.6 is 0 Å². The number of amides is 1. The standard InChI is InChI=1S/C12H15NO2/c1-3-13-9(2)15-11(12(13)14)10-7-5-4-6-8-10/h4-9,11H,3H2,1-2H3. The zero-order chi connectivity index (χ0) is 10.8. The lowest BCUT2D eigenvalue weighted by Gasteiger charge is -2.16. The molecule has 1 aliphatic rings. The maximum Gasteiger partial charge on any atom is 0.258 e. The summed E-state index contributed by atoms with van der Waals surface area (Å²) in [7, 11) is 0. The molecular formula is C12H15NO2. The van der Waals surface area contributed by atoms with Crippen LogP contribution in [0.15, 0.2) is 30.3 Å². The third-order valence-electron chi connectivity index (χ3n) is 2.72. The minimum atomic E-state index is -0.416. The molecule has 1 aromatic rings. The van der Waals surface area contributed by atoms with Crippen LogP contribution in [0.1, 0.15) is 25.5 Å². The van der Waals surface area contributed by atoms with E-state index < -0.39 is 6.10 Å². The fourth-order valence-corrected chi connectivity index (χ4v) is 1.92. The molecule has 0 saturated carbocycles. The van der Waals surface area contributed by atoms with Crippen molar-refractivity contribution in [2.45, 2.75) is 26.2 Å². The number of carbonyl (C=O) groups excluding carboxylic acids is 1. The fraction of sp³-hybridized carbons (Fsp3) is 0.417. The van der Waals surface area contributed by atoms with Gasteiger partial charge in [0.1, 0.15) is 6.23 Å². The molecular weight excluding hydrogens is 190 g/mol. The molecule has 0 aromatic heterocycles. The third-order valence-corrected chi connectivity index (χ3v) is 2.72. The van der Waals surface area contributed by atoms with Gasteiger partial charge in [-0.15, -0.1) is 0 Å². The van der Waals surface area contributed by atoms with Crippen molar-refractivity contribution in [3.05, 3.63) is 35.9 Å². The first kappa shape index (κ1) is 10.2. The smallest absolute Gasteiger partial charge is 0.258 e. The summed E-state index contributed by atoms with van der Waals surface area (Å²) in [5, 5.41) is 0. The summed E-state index contributed by atoms with van der Waals surface area (Å²) in [6.07, 6.45) is -0.533. The van der Waals surface area contributed by atoms with E-state index >= 15 is 0 Å². The van der Waals surface area contributed by atoms with Crippen LogP contribution in [-0.2, 0) is 9.53 Å². The second kappa shape index (κ2) is 4.03. The lowest BCUT2D eigenvalue weighted by atomic mass is 10.1. The van der Waals surface area contributed by atoms with Crippen LogP contribution in [-0.4, -0.2) is 23.6 Å². The monoisotopic (exact) mass is 205 g/mol. The van der Waals surface area contributed by atoms with Crippen molar-refractivity contribution in [2.75, 3.05) is 6.54 Å². The molecule has 0 spiro atoms. The summed E-state index contributed by atoms with van der Waals surface area (Å²) in [6.45, 7) is 4.57. The molecule has 1 amide bonds. The Labute approximate surface area is 89.7 Å². The number of nitrogens with zero attached hydrogens (tertiary/aromatic N) is 1. The summed E-state index contributed by atoms with van der Waals surface area (Å²) in [5.41, 5.74) is 0.935. The molecule has 2 atom stereocenters. The SMILES string of the molecule is CCN1C(=O)C(c2ccccc2)OC1C. The second-order valence-electron chi connectivity index (χ2n) is 3.65. The van der Waals surface area contributed by atoms with Crippen LogP contribution in [0, 0.1) is 0 Å². The minimum Gasteiger partial charge on any atom is -0.341 e. The van der Waals surface area contributed by atoms with Crippen LogP contribution in [0.4, 0.5) is 0 Å².